The van der Waals surface area contributed by atoms with Gasteiger partial charge in [-0.2, -0.15) is 0 Å². The van der Waals surface area contributed by atoms with Gasteiger partial charge >= 0.3 is 0 Å². The van der Waals surface area contributed by atoms with Gasteiger partial charge in [-0.05, 0) is 51.7 Å². The van der Waals surface area contributed by atoms with Crippen LogP contribution in [0, 0.1) is 5.82 Å². The number of hydrogen-bond donors (Lipinski definition) is 1. The largest absolute Gasteiger partial charge is 0.326 e. The summed E-state index contributed by atoms with van der Waals surface area (Å²) in [5.41, 5.74) is 7.34. The van der Waals surface area contributed by atoms with E-state index in [2.05, 4.69) is 44.7 Å². The van der Waals surface area contributed by atoms with Crippen LogP contribution in [0.25, 0.3) is 0 Å². The molecule has 0 saturated heterocycles. The van der Waals surface area contributed by atoms with Crippen LogP contribution >= 0.6 is 0 Å². The second-order valence-corrected chi connectivity index (χ2v) is 6.01. The fourth-order valence-corrected chi connectivity index (χ4v) is 3.01. The maximum Gasteiger partial charge on any atom is 0.123 e. The Morgan fingerprint density at radius 3 is 2.38 bits per heavy atom. The number of hydrogen-bond acceptors (Lipinski definition) is 3. The SMILES string of the molecule is CCC(N)C(c1cccc(F)c1)N(CC)C(C)CN(C)C. The molecule has 3 atom stereocenters. The van der Waals surface area contributed by atoms with Crippen molar-refractivity contribution >= 4 is 0 Å². The average Bonchev–Trinajstić information content (AvgIpc) is 2.42. The van der Waals surface area contributed by atoms with Crippen LogP contribution in [0.15, 0.2) is 24.3 Å². The molecule has 3 nitrogen and oxygen atoms in total. The second-order valence-electron chi connectivity index (χ2n) is 6.01. The molecule has 1 rings (SSSR count). The lowest BCUT2D eigenvalue weighted by atomic mass is 9.94. The van der Waals surface area contributed by atoms with Crippen molar-refractivity contribution in [2.45, 2.75) is 45.3 Å². The van der Waals surface area contributed by atoms with Crippen LogP contribution < -0.4 is 5.73 Å². The fraction of sp³-hybridized carbons (Fsp3) is 0.647. The molecule has 0 amide bonds. The molecule has 0 aromatic heterocycles. The van der Waals surface area contributed by atoms with E-state index in [1.165, 1.54) is 6.07 Å². The van der Waals surface area contributed by atoms with Gasteiger partial charge in [-0.15, -0.1) is 0 Å². The van der Waals surface area contributed by atoms with Gasteiger partial charge in [0, 0.05) is 18.6 Å². The Morgan fingerprint density at radius 1 is 1.24 bits per heavy atom. The minimum absolute atomic E-state index is 0.00337. The maximum atomic E-state index is 13.6. The number of halogens is 1. The van der Waals surface area contributed by atoms with E-state index in [0.717, 1.165) is 25.1 Å². The highest BCUT2D eigenvalue weighted by molar-refractivity contribution is 5.22. The second kappa shape index (κ2) is 8.47. The van der Waals surface area contributed by atoms with Gasteiger partial charge in [0.1, 0.15) is 5.82 Å². The highest BCUT2D eigenvalue weighted by Crippen LogP contribution is 2.27. The first-order valence-corrected chi connectivity index (χ1v) is 7.82. The summed E-state index contributed by atoms with van der Waals surface area (Å²) in [5, 5.41) is 0. The van der Waals surface area contributed by atoms with Crippen LogP contribution in [0.1, 0.15) is 38.8 Å². The van der Waals surface area contributed by atoms with Gasteiger partial charge in [-0.3, -0.25) is 4.90 Å². The van der Waals surface area contributed by atoms with Crippen molar-refractivity contribution < 1.29 is 4.39 Å². The zero-order chi connectivity index (χ0) is 16.0. The minimum atomic E-state index is -0.197. The molecule has 0 heterocycles. The van der Waals surface area contributed by atoms with Crippen molar-refractivity contribution in [1.82, 2.24) is 9.80 Å². The Morgan fingerprint density at radius 2 is 1.90 bits per heavy atom. The molecule has 0 fully saturated rings. The molecule has 0 aliphatic carbocycles. The Kier molecular flexibility index (Phi) is 7.29. The van der Waals surface area contributed by atoms with Crippen LogP contribution in [-0.4, -0.2) is 49.1 Å². The highest BCUT2D eigenvalue weighted by Gasteiger charge is 2.28. The monoisotopic (exact) mass is 295 g/mol. The molecule has 0 saturated carbocycles. The molecule has 0 aliphatic rings. The molecular weight excluding hydrogens is 265 g/mol. The summed E-state index contributed by atoms with van der Waals surface area (Å²) in [6.07, 6.45) is 0.867. The quantitative estimate of drug-likeness (QED) is 0.800. The molecule has 120 valence electrons. The Labute approximate surface area is 128 Å². The predicted molar refractivity (Wildman–Crippen MR) is 87.8 cm³/mol. The molecule has 2 N–H and O–H groups in total. The van der Waals surface area contributed by atoms with Gasteiger partial charge in [0.05, 0.1) is 6.04 Å². The third kappa shape index (κ3) is 5.06. The van der Waals surface area contributed by atoms with E-state index < -0.39 is 0 Å². The van der Waals surface area contributed by atoms with Gasteiger partial charge in [-0.1, -0.05) is 26.0 Å². The predicted octanol–water partition coefficient (Wildman–Crippen LogP) is 2.88. The number of likely N-dealkylation sites (N-methyl/N-ethyl adjacent to an activating group) is 2. The van der Waals surface area contributed by atoms with E-state index in [-0.39, 0.29) is 17.9 Å². The first-order valence-electron chi connectivity index (χ1n) is 7.82. The Hall–Kier alpha value is -0.970. The molecular formula is C17H30FN3. The van der Waals surface area contributed by atoms with Gasteiger partial charge in [0.2, 0.25) is 0 Å². The van der Waals surface area contributed by atoms with Crippen LogP contribution in [-0.2, 0) is 0 Å². The lowest BCUT2D eigenvalue weighted by Gasteiger charge is -2.40. The molecule has 1 aromatic carbocycles. The van der Waals surface area contributed by atoms with Crippen LogP contribution in [0.3, 0.4) is 0 Å². The summed E-state index contributed by atoms with van der Waals surface area (Å²) in [6.45, 7) is 8.28. The van der Waals surface area contributed by atoms with Gasteiger partial charge in [0.25, 0.3) is 0 Å². The van der Waals surface area contributed by atoms with Crippen molar-refractivity contribution in [2.75, 3.05) is 27.2 Å². The van der Waals surface area contributed by atoms with E-state index in [4.69, 9.17) is 5.73 Å². The molecule has 1 aromatic rings. The maximum absolute atomic E-state index is 13.6. The molecule has 0 spiro atoms. The molecule has 0 radical (unpaired) electrons. The van der Waals surface area contributed by atoms with Crippen LogP contribution in [0.5, 0.6) is 0 Å². The van der Waals surface area contributed by atoms with Crippen molar-refractivity contribution in [2.24, 2.45) is 5.73 Å². The number of nitrogens with two attached hydrogens (primary N) is 1. The molecule has 0 bridgehead atoms. The lowest BCUT2D eigenvalue weighted by molar-refractivity contribution is 0.109. The van der Waals surface area contributed by atoms with Crippen molar-refractivity contribution in [3.8, 4) is 0 Å². The van der Waals surface area contributed by atoms with Crippen molar-refractivity contribution in [1.29, 1.82) is 0 Å². The van der Waals surface area contributed by atoms with Gasteiger partial charge < -0.3 is 10.6 Å². The highest BCUT2D eigenvalue weighted by atomic mass is 19.1. The summed E-state index contributed by atoms with van der Waals surface area (Å²) < 4.78 is 13.6. The Balaban J connectivity index is 3.10. The molecule has 21 heavy (non-hydrogen) atoms. The third-order valence-electron chi connectivity index (χ3n) is 3.99. The fourth-order valence-electron chi connectivity index (χ4n) is 3.01. The van der Waals surface area contributed by atoms with Crippen molar-refractivity contribution in [3.05, 3.63) is 35.6 Å². The standard InChI is InChI=1S/C17H30FN3/c1-6-16(19)17(14-9-8-10-15(18)11-14)21(7-2)13(3)12-20(4)5/h8-11,13,16-17H,6-7,12,19H2,1-5H3. The summed E-state index contributed by atoms with van der Waals surface area (Å²) in [5.74, 6) is -0.197. The molecule has 4 heteroatoms. The van der Waals surface area contributed by atoms with Gasteiger partial charge in [-0.25, -0.2) is 4.39 Å². The molecule has 0 aliphatic heterocycles. The summed E-state index contributed by atoms with van der Waals surface area (Å²) in [4.78, 5) is 4.55. The summed E-state index contributed by atoms with van der Waals surface area (Å²) in [6, 6.07) is 7.25. The molecule has 3 unspecified atom stereocenters. The number of benzene rings is 1. The number of nitrogens with zero attached hydrogens (tertiary/aromatic N) is 2. The van der Waals surface area contributed by atoms with Gasteiger partial charge in [0.15, 0.2) is 0 Å². The van der Waals surface area contributed by atoms with E-state index in [9.17, 15) is 4.39 Å². The van der Waals surface area contributed by atoms with Crippen LogP contribution in [0.2, 0.25) is 0 Å². The first-order chi connectivity index (χ1) is 9.90. The van der Waals surface area contributed by atoms with Crippen molar-refractivity contribution in [3.63, 3.8) is 0 Å². The normalized spacial score (nSPS) is 16.2. The van der Waals surface area contributed by atoms with E-state index in [1.807, 2.05) is 6.07 Å². The Bertz CT molecular complexity index is 422. The smallest absolute Gasteiger partial charge is 0.123 e. The van der Waals surface area contributed by atoms with Crippen LogP contribution in [0.4, 0.5) is 4.39 Å². The summed E-state index contributed by atoms with van der Waals surface area (Å²) >= 11 is 0. The van der Waals surface area contributed by atoms with E-state index >= 15 is 0 Å². The third-order valence-corrected chi connectivity index (χ3v) is 3.99. The summed E-state index contributed by atoms with van der Waals surface area (Å²) in [7, 11) is 4.14. The average molecular weight is 295 g/mol. The zero-order valence-electron chi connectivity index (χ0n) is 14.0. The topological polar surface area (TPSA) is 32.5 Å². The minimum Gasteiger partial charge on any atom is -0.326 e. The van der Waals surface area contributed by atoms with E-state index in [0.29, 0.717) is 6.04 Å². The lowest BCUT2D eigenvalue weighted by Crippen LogP contribution is -2.48. The number of rotatable bonds is 8. The van der Waals surface area contributed by atoms with E-state index in [1.54, 1.807) is 12.1 Å². The first kappa shape index (κ1) is 18.1. The zero-order valence-corrected chi connectivity index (χ0v) is 14.0.